The summed E-state index contributed by atoms with van der Waals surface area (Å²) in [5.41, 5.74) is 1.54. The number of fused-ring (bicyclic) bond motifs is 1. The Hall–Kier alpha value is -3.81. The van der Waals surface area contributed by atoms with Crippen LogP contribution in [0.2, 0.25) is 0 Å². The van der Waals surface area contributed by atoms with Crippen LogP contribution in [0, 0.1) is 12.8 Å². The topological polar surface area (TPSA) is 104 Å². The Bertz CT molecular complexity index is 1160. The highest BCUT2D eigenvalue weighted by Crippen LogP contribution is 2.25. The molecule has 8 heteroatoms. The monoisotopic (exact) mass is 453 g/mol. The molecule has 0 saturated heterocycles. The Morgan fingerprint density at radius 3 is 2.21 bits per heavy atom. The summed E-state index contributed by atoms with van der Waals surface area (Å²) in [6, 6.07) is 11.0. The molecule has 174 valence electrons. The molecule has 0 radical (unpaired) electrons. The Balaban J connectivity index is 1.69. The Morgan fingerprint density at radius 2 is 1.64 bits per heavy atom. The quantitative estimate of drug-likeness (QED) is 0.387. The first kappa shape index (κ1) is 23.8. The maximum absolute atomic E-state index is 12.8. The zero-order valence-electron chi connectivity index (χ0n) is 19.3. The maximum Gasteiger partial charge on any atom is 0.329 e. The predicted octanol–water partition coefficient (Wildman–Crippen LogP) is 3.94. The molecule has 3 rings (SSSR count). The zero-order valence-corrected chi connectivity index (χ0v) is 19.3. The molecular formula is C25H27NO7. The van der Waals surface area contributed by atoms with Gasteiger partial charge in [0.1, 0.15) is 23.1 Å². The molecule has 0 fully saturated rings. The maximum atomic E-state index is 12.8. The van der Waals surface area contributed by atoms with E-state index < -0.39 is 30.3 Å². The molecule has 1 heterocycles. The Kier molecular flexibility index (Phi) is 7.37. The SMILES string of the molecule is COc1cc(OC)cc(C(=O)N[C@H](C(=O)OCC(=O)c2oc3ccccc3c2C)C(C)C)c1. The fourth-order valence-corrected chi connectivity index (χ4v) is 3.39. The number of para-hydroxylation sites is 1. The van der Waals surface area contributed by atoms with Crippen molar-refractivity contribution in [2.24, 2.45) is 5.92 Å². The molecule has 3 aromatic rings. The van der Waals surface area contributed by atoms with Gasteiger partial charge in [-0.25, -0.2) is 4.79 Å². The predicted molar refractivity (Wildman–Crippen MR) is 122 cm³/mol. The van der Waals surface area contributed by atoms with Crippen molar-refractivity contribution in [1.82, 2.24) is 5.32 Å². The minimum atomic E-state index is -0.959. The van der Waals surface area contributed by atoms with Crippen LogP contribution in [-0.2, 0) is 9.53 Å². The molecule has 0 aliphatic carbocycles. The number of hydrogen-bond acceptors (Lipinski definition) is 7. The molecule has 1 N–H and O–H groups in total. The molecule has 0 unspecified atom stereocenters. The number of rotatable bonds is 9. The molecule has 0 saturated carbocycles. The van der Waals surface area contributed by atoms with Gasteiger partial charge in [0.25, 0.3) is 5.91 Å². The number of Topliss-reactive ketones (excluding diaryl/α,β-unsaturated/α-hetero) is 1. The minimum absolute atomic E-state index is 0.151. The number of aryl methyl sites for hydroxylation is 1. The highest BCUT2D eigenvalue weighted by atomic mass is 16.5. The standard InChI is InChI=1S/C25H27NO7/c1-14(2)22(26-24(28)16-10-17(30-4)12-18(11-16)31-5)25(29)32-13-20(27)23-15(3)19-8-6-7-9-21(19)33-23/h6-12,14,22H,13H2,1-5H3,(H,26,28)/t22-/m0/s1. The van der Waals surface area contributed by atoms with Crippen molar-refractivity contribution in [3.63, 3.8) is 0 Å². The van der Waals surface area contributed by atoms with E-state index >= 15 is 0 Å². The third kappa shape index (κ3) is 5.34. The largest absolute Gasteiger partial charge is 0.497 e. The first-order valence-corrected chi connectivity index (χ1v) is 10.5. The number of ether oxygens (including phenoxy) is 3. The van der Waals surface area contributed by atoms with Gasteiger partial charge in [-0.1, -0.05) is 32.0 Å². The van der Waals surface area contributed by atoms with E-state index in [2.05, 4.69) is 5.32 Å². The van der Waals surface area contributed by atoms with Crippen LogP contribution in [0.15, 0.2) is 46.9 Å². The number of esters is 1. The lowest BCUT2D eigenvalue weighted by Crippen LogP contribution is -2.45. The summed E-state index contributed by atoms with van der Waals surface area (Å²) in [4.78, 5) is 38.1. The van der Waals surface area contributed by atoms with Gasteiger partial charge in [0.05, 0.1) is 14.2 Å². The summed E-state index contributed by atoms with van der Waals surface area (Å²) >= 11 is 0. The third-order valence-electron chi connectivity index (χ3n) is 5.26. The van der Waals surface area contributed by atoms with Crippen molar-refractivity contribution < 1.29 is 33.0 Å². The normalized spacial score (nSPS) is 11.8. The van der Waals surface area contributed by atoms with Crippen molar-refractivity contribution in [3.05, 3.63) is 59.4 Å². The fraction of sp³-hybridized carbons (Fsp3) is 0.320. The molecule has 0 aliphatic heterocycles. The second kappa shape index (κ2) is 10.2. The average Bonchev–Trinajstić information content (AvgIpc) is 3.16. The third-order valence-corrected chi connectivity index (χ3v) is 5.26. The molecule has 33 heavy (non-hydrogen) atoms. The van der Waals surface area contributed by atoms with Crippen LogP contribution >= 0.6 is 0 Å². The molecule has 8 nitrogen and oxygen atoms in total. The van der Waals surface area contributed by atoms with E-state index in [1.54, 1.807) is 32.9 Å². The molecule has 0 spiro atoms. The number of furan rings is 1. The summed E-state index contributed by atoms with van der Waals surface area (Å²) in [5, 5.41) is 3.50. The summed E-state index contributed by atoms with van der Waals surface area (Å²) in [5.74, 6) is -0.916. The van der Waals surface area contributed by atoms with Crippen molar-refractivity contribution in [1.29, 1.82) is 0 Å². The number of carbonyl (C=O) groups excluding carboxylic acids is 3. The first-order valence-electron chi connectivity index (χ1n) is 10.5. The van der Waals surface area contributed by atoms with E-state index in [-0.39, 0.29) is 17.2 Å². The summed E-state index contributed by atoms with van der Waals surface area (Å²) in [7, 11) is 2.96. The van der Waals surface area contributed by atoms with Gasteiger partial charge in [-0.05, 0) is 31.0 Å². The number of ketones is 1. The van der Waals surface area contributed by atoms with Crippen LogP contribution in [0.4, 0.5) is 0 Å². The van der Waals surface area contributed by atoms with E-state index in [9.17, 15) is 14.4 Å². The number of carbonyl (C=O) groups is 3. The zero-order chi connectivity index (χ0) is 24.1. The number of methoxy groups -OCH3 is 2. The molecule has 1 amide bonds. The lowest BCUT2D eigenvalue weighted by molar-refractivity contribution is -0.146. The second-order valence-electron chi connectivity index (χ2n) is 7.88. The van der Waals surface area contributed by atoms with E-state index in [1.807, 2.05) is 18.2 Å². The highest BCUT2D eigenvalue weighted by Gasteiger charge is 2.28. The van der Waals surface area contributed by atoms with Crippen LogP contribution < -0.4 is 14.8 Å². The van der Waals surface area contributed by atoms with Crippen LogP contribution in [0.25, 0.3) is 11.0 Å². The summed E-state index contributed by atoms with van der Waals surface area (Å²) in [6.07, 6.45) is 0. The van der Waals surface area contributed by atoms with Crippen LogP contribution in [0.5, 0.6) is 11.5 Å². The van der Waals surface area contributed by atoms with Crippen LogP contribution in [-0.4, -0.2) is 44.5 Å². The second-order valence-corrected chi connectivity index (χ2v) is 7.88. The number of benzene rings is 2. The van der Waals surface area contributed by atoms with E-state index in [0.717, 1.165) is 5.39 Å². The van der Waals surface area contributed by atoms with E-state index in [4.69, 9.17) is 18.6 Å². The Morgan fingerprint density at radius 1 is 1.00 bits per heavy atom. The summed E-state index contributed by atoms with van der Waals surface area (Å²) < 4.78 is 21.3. The van der Waals surface area contributed by atoms with Crippen molar-refractivity contribution in [2.75, 3.05) is 20.8 Å². The fourth-order valence-electron chi connectivity index (χ4n) is 3.39. The first-order chi connectivity index (χ1) is 15.7. The van der Waals surface area contributed by atoms with Gasteiger partial charge < -0.3 is 23.9 Å². The van der Waals surface area contributed by atoms with Crippen molar-refractivity contribution in [2.45, 2.75) is 26.8 Å². The smallest absolute Gasteiger partial charge is 0.329 e. The van der Waals surface area contributed by atoms with Crippen LogP contribution in [0.3, 0.4) is 0 Å². The van der Waals surface area contributed by atoms with Gasteiger partial charge in [-0.2, -0.15) is 0 Å². The van der Waals surface area contributed by atoms with Gasteiger partial charge >= 0.3 is 5.97 Å². The van der Waals surface area contributed by atoms with Gasteiger partial charge in [-0.15, -0.1) is 0 Å². The molecule has 1 aromatic heterocycles. The van der Waals surface area contributed by atoms with Gasteiger partial charge in [-0.3, -0.25) is 9.59 Å². The van der Waals surface area contributed by atoms with Gasteiger partial charge in [0.2, 0.25) is 5.78 Å². The number of nitrogens with one attached hydrogen (secondary N) is 1. The molecule has 0 aliphatic rings. The highest BCUT2D eigenvalue weighted by molar-refractivity contribution is 6.02. The van der Waals surface area contributed by atoms with E-state index in [0.29, 0.717) is 22.6 Å². The molecule has 0 bridgehead atoms. The van der Waals surface area contributed by atoms with Gasteiger partial charge in [0, 0.05) is 22.6 Å². The average molecular weight is 453 g/mol. The molecule has 2 aromatic carbocycles. The number of amides is 1. The van der Waals surface area contributed by atoms with Crippen molar-refractivity contribution >= 4 is 28.6 Å². The molecule has 1 atom stereocenters. The molecular weight excluding hydrogens is 426 g/mol. The number of hydrogen-bond donors (Lipinski definition) is 1. The lowest BCUT2D eigenvalue weighted by atomic mass is 10.0. The lowest BCUT2D eigenvalue weighted by Gasteiger charge is -2.21. The van der Waals surface area contributed by atoms with Crippen LogP contribution in [0.1, 0.15) is 40.3 Å². The van der Waals surface area contributed by atoms with E-state index in [1.165, 1.54) is 26.4 Å². The Labute approximate surface area is 191 Å². The minimum Gasteiger partial charge on any atom is -0.497 e. The van der Waals surface area contributed by atoms with Gasteiger partial charge in [0.15, 0.2) is 12.4 Å². The van der Waals surface area contributed by atoms with Crippen molar-refractivity contribution in [3.8, 4) is 11.5 Å². The summed E-state index contributed by atoms with van der Waals surface area (Å²) in [6.45, 7) is 4.82.